The Morgan fingerprint density at radius 2 is 2.24 bits per heavy atom. The molecule has 0 amide bonds. The van der Waals surface area contributed by atoms with Gasteiger partial charge in [-0.05, 0) is 18.6 Å². The first-order valence-electron chi connectivity index (χ1n) is 5.11. The second-order valence-corrected chi connectivity index (χ2v) is 3.30. The summed E-state index contributed by atoms with van der Waals surface area (Å²) in [4.78, 5) is 11.6. The van der Waals surface area contributed by atoms with Gasteiger partial charge in [0.25, 0.3) is 0 Å². The molecule has 0 aliphatic heterocycles. The maximum absolute atomic E-state index is 11.6. The average Bonchev–Trinajstić information content (AvgIpc) is 2.37. The molecule has 88 valence electrons. The maximum Gasteiger partial charge on any atom is 0.338 e. The first-order valence-corrected chi connectivity index (χ1v) is 5.11. The van der Waals surface area contributed by atoms with Gasteiger partial charge in [0.2, 0.25) is 0 Å². The number of hydrogen-bond acceptors (Lipinski definition) is 4. The van der Waals surface area contributed by atoms with Gasteiger partial charge in [-0.15, -0.1) is 0 Å². The fourth-order valence-electron chi connectivity index (χ4n) is 1.18. The quantitative estimate of drug-likeness (QED) is 0.453. The van der Waals surface area contributed by atoms with E-state index in [4.69, 9.17) is 14.7 Å². The maximum atomic E-state index is 11.6. The summed E-state index contributed by atoms with van der Waals surface area (Å²) in [6.45, 7) is 5.38. The fraction of sp³-hybridized carbons (Fsp3) is 0.231. The first-order chi connectivity index (χ1) is 8.13. The van der Waals surface area contributed by atoms with Crippen molar-refractivity contribution >= 4 is 5.97 Å². The molecule has 0 fully saturated rings. The molecule has 4 nitrogen and oxygen atoms in total. The largest absolute Gasteiger partial charge is 0.493 e. The van der Waals surface area contributed by atoms with Gasteiger partial charge in [0, 0.05) is 5.57 Å². The number of esters is 1. The van der Waals surface area contributed by atoms with E-state index < -0.39 is 5.97 Å². The van der Waals surface area contributed by atoms with Crippen molar-refractivity contribution in [3.8, 4) is 17.6 Å². The van der Waals surface area contributed by atoms with E-state index >= 15 is 0 Å². The number of rotatable bonds is 4. The Bertz CT molecular complexity index is 486. The SMILES string of the molecule is C=C(CC)C(=O)Oc1c(C#N)cccc1OC. The number of ether oxygens (including phenoxy) is 2. The van der Waals surface area contributed by atoms with E-state index in [1.54, 1.807) is 25.1 Å². The summed E-state index contributed by atoms with van der Waals surface area (Å²) in [5.41, 5.74) is 0.599. The Morgan fingerprint density at radius 1 is 1.53 bits per heavy atom. The van der Waals surface area contributed by atoms with Crippen molar-refractivity contribution in [3.05, 3.63) is 35.9 Å². The third kappa shape index (κ3) is 2.85. The zero-order valence-electron chi connectivity index (χ0n) is 9.82. The lowest BCUT2D eigenvalue weighted by Gasteiger charge is -2.10. The molecular weight excluding hydrogens is 218 g/mol. The predicted octanol–water partition coefficient (Wildman–Crippen LogP) is 2.44. The van der Waals surface area contributed by atoms with Crippen LogP contribution in [-0.4, -0.2) is 13.1 Å². The molecule has 1 rings (SSSR count). The highest BCUT2D eigenvalue weighted by atomic mass is 16.6. The van der Waals surface area contributed by atoms with E-state index in [0.29, 0.717) is 17.7 Å². The van der Waals surface area contributed by atoms with Crippen LogP contribution in [0.2, 0.25) is 0 Å². The summed E-state index contributed by atoms with van der Waals surface area (Å²) in [5, 5.41) is 8.93. The molecule has 0 saturated heterocycles. The van der Waals surface area contributed by atoms with Gasteiger partial charge in [0.05, 0.1) is 12.7 Å². The lowest BCUT2D eigenvalue weighted by atomic mass is 10.2. The van der Waals surface area contributed by atoms with Crippen LogP contribution in [0.5, 0.6) is 11.5 Å². The number of nitriles is 1. The number of para-hydroxylation sites is 1. The van der Waals surface area contributed by atoms with E-state index in [9.17, 15) is 4.79 Å². The summed E-state index contributed by atoms with van der Waals surface area (Å²) in [6.07, 6.45) is 0.496. The van der Waals surface area contributed by atoms with Crippen molar-refractivity contribution in [1.82, 2.24) is 0 Å². The van der Waals surface area contributed by atoms with E-state index in [1.165, 1.54) is 7.11 Å². The zero-order valence-corrected chi connectivity index (χ0v) is 9.82. The standard InChI is InChI=1S/C13H13NO3/c1-4-9(2)13(15)17-12-10(8-14)6-5-7-11(12)16-3/h5-7H,2,4H2,1,3H3. The van der Waals surface area contributed by atoms with Crippen LogP contribution in [0, 0.1) is 11.3 Å². The number of hydrogen-bond donors (Lipinski definition) is 0. The van der Waals surface area contributed by atoms with Gasteiger partial charge in [-0.1, -0.05) is 19.6 Å². The molecule has 0 aromatic heterocycles. The Balaban J connectivity index is 3.09. The lowest BCUT2D eigenvalue weighted by Crippen LogP contribution is -2.11. The summed E-state index contributed by atoms with van der Waals surface area (Å²) in [5.74, 6) is -0.0631. The zero-order chi connectivity index (χ0) is 12.8. The topological polar surface area (TPSA) is 59.3 Å². The van der Waals surface area contributed by atoms with Crippen molar-refractivity contribution in [2.45, 2.75) is 13.3 Å². The third-order valence-corrected chi connectivity index (χ3v) is 2.23. The van der Waals surface area contributed by atoms with Gasteiger partial charge in [-0.2, -0.15) is 5.26 Å². The summed E-state index contributed by atoms with van der Waals surface area (Å²) < 4.78 is 10.2. The fourth-order valence-corrected chi connectivity index (χ4v) is 1.18. The molecule has 1 aromatic carbocycles. The molecule has 0 N–H and O–H groups in total. The number of benzene rings is 1. The highest BCUT2D eigenvalue weighted by Crippen LogP contribution is 2.31. The monoisotopic (exact) mass is 231 g/mol. The third-order valence-electron chi connectivity index (χ3n) is 2.23. The molecule has 0 spiro atoms. The number of carbonyl (C=O) groups is 1. The predicted molar refractivity (Wildman–Crippen MR) is 62.8 cm³/mol. The van der Waals surface area contributed by atoms with Crippen LogP contribution < -0.4 is 9.47 Å². The molecule has 1 aromatic rings. The van der Waals surface area contributed by atoms with Crippen LogP contribution in [0.15, 0.2) is 30.4 Å². The second kappa shape index (κ2) is 5.71. The summed E-state index contributed by atoms with van der Waals surface area (Å²) in [7, 11) is 1.45. The molecule has 17 heavy (non-hydrogen) atoms. The molecular formula is C13H13NO3. The van der Waals surface area contributed by atoms with Gasteiger partial charge < -0.3 is 9.47 Å². The van der Waals surface area contributed by atoms with E-state index in [1.807, 2.05) is 6.07 Å². The number of nitrogens with zero attached hydrogens (tertiary/aromatic N) is 1. The number of methoxy groups -OCH3 is 1. The first kappa shape index (κ1) is 12.8. The lowest BCUT2D eigenvalue weighted by molar-refractivity contribution is -0.130. The van der Waals surface area contributed by atoms with Gasteiger partial charge in [-0.25, -0.2) is 4.79 Å². The molecule has 0 saturated carbocycles. The van der Waals surface area contributed by atoms with Crippen LogP contribution in [0.4, 0.5) is 0 Å². The van der Waals surface area contributed by atoms with E-state index in [2.05, 4.69) is 6.58 Å². The van der Waals surface area contributed by atoms with Crippen molar-refractivity contribution < 1.29 is 14.3 Å². The molecule has 0 aliphatic carbocycles. The molecule has 0 atom stereocenters. The molecule has 0 aliphatic rings. The van der Waals surface area contributed by atoms with Gasteiger partial charge in [0.15, 0.2) is 11.5 Å². The van der Waals surface area contributed by atoms with Crippen molar-refractivity contribution in [1.29, 1.82) is 5.26 Å². The summed E-state index contributed by atoms with van der Waals surface area (Å²) in [6, 6.07) is 6.78. The molecule has 4 heteroatoms. The Hall–Kier alpha value is -2.28. The van der Waals surface area contributed by atoms with Crippen LogP contribution in [0.25, 0.3) is 0 Å². The van der Waals surface area contributed by atoms with Crippen LogP contribution in [0.3, 0.4) is 0 Å². The Kier molecular flexibility index (Phi) is 4.29. The molecule has 0 radical (unpaired) electrons. The van der Waals surface area contributed by atoms with Crippen molar-refractivity contribution in [2.75, 3.05) is 7.11 Å². The Morgan fingerprint density at radius 3 is 2.76 bits per heavy atom. The molecule has 0 unspecified atom stereocenters. The minimum absolute atomic E-state index is 0.136. The van der Waals surface area contributed by atoms with E-state index in [-0.39, 0.29) is 11.3 Å². The van der Waals surface area contributed by atoms with Crippen molar-refractivity contribution in [2.24, 2.45) is 0 Å². The second-order valence-electron chi connectivity index (χ2n) is 3.30. The average molecular weight is 231 g/mol. The van der Waals surface area contributed by atoms with Crippen LogP contribution in [0.1, 0.15) is 18.9 Å². The highest BCUT2D eigenvalue weighted by Gasteiger charge is 2.15. The minimum atomic E-state index is -0.548. The molecule has 0 heterocycles. The number of carbonyl (C=O) groups excluding carboxylic acids is 1. The van der Waals surface area contributed by atoms with Gasteiger partial charge in [0.1, 0.15) is 6.07 Å². The molecule has 0 bridgehead atoms. The Labute approximate surface area is 100 Å². The van der Waals surface area contributed by atoms with E-state index in [0.717, 1.165) is 0 Å². The summed E-state index contributed by atoms with van der Waals surface area (Å²) >= 11 is 0. The highest BCUT2D eigenvalue weighted by molar-refractivity contribution is 5.90. The normalized spacial score (nSPS) is 9.24. The van der Waals surface area contributed by atoms with Crippen LogP contribution >= 0.6 is 0 Å². The minimum Gasteiger partial charge on any atom is -0.493 e. The smallest absolute Gasteiger partial charge is 0.338 e. The van der Waals surface area contributed by atoms with Gasteiger partial charge >= 0.3 is 5.97 Å². The van der Waals surface area contributed by atoms with Crippen LogP contribution in [-0.2, 0) is 4.79 Å². The van der Waals surface area contributed by atoms with Gasteiger partial charge in [-0.3, -0.25) is 0 Å². The van der Waals surface area contributed by atoms with Crippen molar-refractivity contribution in [3.63, 3.8) is 0 Å².